The molecule has 0 saturated heterocycles. The molecular formula is C20H17N5O3S. The number of amides is 2. The van der Waals surface area contributed by atoms with Crippen molar-refractivity contribution in [2.24, 2.45) is 7.05 Å². The summed E-state index contributed by atoms with van der Waals surface area (Å²) in [4.78, 5) is 26.0. The van der Waals surface area contributed by atoms with E-state index in [0.29, 0.717) is 29.3 Å². The van der Waals surface area contributed by atoms with Crippen LogP contribution in [-0.2, 0) is 23.1 Å². The molecule has 1 aromatic carbocycles. The van der Waals surface area contributed by atoms with Gasteiger partial charge < -0.3 is 15.2 Å². The zero-order valence-electron chi connectivity index (χ0n) is 15.5. The van der Waals surface area contributed by atoms with Crippen LogP contribution in [0, 0.1) is 0 Å². The SMILES string of the molecule is Cn1nc(NC(=O)Cc2noc3ccccc23)c2c1NC(=O)C[C@H]2c1cccs1. The predicted molar refractivity (Wildman–Crippen MR) is 109 cm³/mol. The van der Waals surface area contributed by atoms with Crippen LogP contribution < -0.4 is 10.6 Å². The first-order valence-electron chi connectivity index (χ1n) is 9.13. The Bertz CT molecular complexity index is 1220. The standard InChI is InChI=1S/C20H17N5O3S/c1-25-20-18(12(9-16(26)22-20)15-7-4-8-29-15)19(23-25)21-17(27)10-13-11-5-2-3-6-14(11)28-24-13/h2-8,12H,9-10H2,1H3,(H,22,26)(H,21,23,27)/t12-/m0/s1. The fourth-order valence-electron chi connectivity index (χ4n) is 3.71. The molecule has 4 aromatic rings. The van der Waals surface area contributed by atoms with Crippen molar-refractivity contribution in [3.8, 4) is 0 Å². The number of aromatic nitrogens is 3. The Hall–Kier alpha value is -3.46. The van der Waals surface area contributed by atoms with Gasteiger partial charge in [0.1, 0.15) is 11.5 Å². The van der Waals surface area contributed by atoms with E-state index in [1.165, 1.54) is 0 Å². The Kier molecular flexibility index (Phi) is 4.17. The molecule has 1 aliphatic heterocycles. The normalized spacial score (nSPS) is 15.9. The molecule has 8 nitrogen and oxygen atoms in total. The molecule has 0 aliphatic carbocycles. The average molecular weight is 407 g/mol. The number of carbonyl (C=O) groups excluding carboxylic acids is 2. The van der Waals surface area contributed by atoms with Crippen LogP contribution >= 0.6 is 11.3 Å². The minimum atomic E-state index is -0.244. The Morgan fingerprint density at radius 1 is 1.34 bits per heavy atom. The van der Waals surface area contributed by atoms with E-state index in [1.807, 2.05) is 41.8 Å². The molecule has 0 radical (unpaired) electrons. The molecule has 0 spiro atoms. The number of rotatable bonds is 4. The molecule has 3 aromatic heterocycles. The predicted octanol–water partition coefficient (Wildman–Crippen LogP) is 3.28. The van der Waals surface area contributed by atoms with Crippen molar-refractivity contribution < 1.29 is 14.1 Å². The lowest BCUT2D eigenvalue weighted by atomic mass is 9.92. The van der Waals surface area contributed by atoms with Gasteiger partial charge in [-0.25, -0.2) is 0 Å². The molecular weight excluding hydrogens is 390 g/mol. The molecule has 29 heavy (non-hydrogen) atoms. The van der Waals surface area contributed by atoms with Crippen molar-refractivity contribution >= 4 is 45.8 Å². The van der Waals surface area contributed by atoms with Gasteiger partial charge in [-0.15, -0.1) is 11.3 Å². The largest absolute Gasteiger partial charge is 0.356 e. The van der Waals surface area contributed by atoms with Crippen molar-refractivity contribution in [2.75, 3.05) is 10.6 Å². The van der Waals surface area contributed by atoms with E-state index in [9.17, 15) is 9.59 Å². The van der Waals surface area contributed by atoms with Crippen LogP contribution in [0.2, 0.25) is 0 Å². The van der Waals surface area contributed by atoms with Gasteiger partial charge in [-0.2, -0.15) is 5.10 Å². The highest BCUT2D eigenvalue weighted by Gasteiger charge is 2.34. The van der Waals surface area contributed by atoms with Gasteiger partial charge in [-0.3, -0.25) is 14.3 Å². The second kappa shape index (κ2) is 6.85. The number of benzene rings is 1. The molecule has 146 valence electrons. The lowest BCUT2D eigenvalue weighted by Crippen LogP contribution is -2.25. The van der Waals surface area contributed by atoms with Crippen molar-refractivity contribution in [1.82, 2.24) is 14.9 Å². The van der Waals surface area contributed by atoms with Gasteiger partial charge in [-0.1, -0.05) is 23.4 Å². The van der Waals surface area contributed by atoms with Gasteiger partial charge >= 0.3 is 0 Å². The molecule has 0 unspecified atom stereocenters. The second-order valence-corrected chi connectivity index (χ2v) is 7.88. The van der Waals surface area contributed by atoms with Gasteiger partial charge in [0.2, 0.25) is 11.8 Å². The summed E-state index contributed by atoms with van der Waals surface area (Å²) >= 11 is 1.58. The molecule has 0 fully saturated rings. The van der Waals surface area contributed by atoms with Crippen LogP contribution in [0.4, 0.5) is 11.6 Å². The fourth-order valence-corrected chi connectivity index (χ4v) is 4.54. The third kappa shape index (κ3) is 3.09. The molecule has 2 N–H and O–H groups in total. The number of fused-ring (bicyclic) bond motifs is 2. The van der Waals surface area contributed by atoms with Crippen LogP contribution in [0.1, 0.15) is 28.5 Å². The molecule has 0 saturated carbocycles. The van der Waals surface area contributed by atoms with Crippen molar-refractivity contribution in [3.63, 3.8) is 0 Å². The summed E-state index contributed by atoms with van der Waals surface area (Å²) in [5, 5.41) is 17.0. The molecule has 0 bridgehead atoms. The van der Waals surface area contributed by atoms with Crippen LogP contribution in [0.3, 0.4) is 0 Å². The van der Waals surface area contributed by atoms with Gasteiger partial charge in [0.25, 0.3) is 0 Å². The minimum Gasteiger partial charge on any atom is -0.356 e. The van der Waals surface area contributed by atoms with E-state index in [-0.39, 0.29) is 24.2 Å². The van der Waals surface area contributed by atoms with Crippen LogP contribution in [0.15, 0.2) is 46.3 Å². The number of hydrogen-bond acceptors (Lipinski definition) is 6. The number of anilines is 2. The number of hydrogen-bond donors (Lipinski definition) is 2. The summed E-state index contributed by atoms with van der Waals surface area (Å²) in [7, 11) is 1.75. The molecule has 4 heterocycles. The summed E-state index contributed by atoms with van der Waals surface area (Å²) < 4.78 is 6.87. The zero-order chi connectivity index (χ0) is 20.0. The summed E-state index contributed by atoms with van der Waals surface area (Å²) in [6.07, 6.45) is 0.383. The lowest BCUT2D eigenvalue weighted by molar-refractivity contribution is -0.117. The van der Waals surface area contributed by atoms with Gasteiger partial charge in [0, 0.05) is 35.2 Å². The summed E-state index contributed by atoms with van der Waals surface area (Å²) in [5.74, 6) is 0.619. The van der Waals surface area contributed by atoms with E-state index in [1.54, 1.807) is 23.1 Å². The third-order valence-corrected chi connectivity index (χ3v) is 5.99. The Morgan fingerprint density at radius 2 is 2.21 bits per heavy atom. The highest BCUT2D eigenvalue weighted by atomic mass is 32.1. The maximum absolute atomic E-state index is 12.7. The first-order valence-corrected chi connectivity index (χ1v) is 10.0. The number of aryl methyl sites for hydroxylation is 1. The van der Waals surface area contributed by atoms with Gasteiger partial charge in [0.15, 0.2) is 11.4 Å². The van der Waals surface area contributed by atoms with E-state index in [2.05, 4.69) is 20.9 Å². The minimum absolute atomic E-state index is 0.0640. The number of carbonyl (C=O) groups is 2. The zero-order valence-corrected chi connectivity index (χ0v) is 16.3. The Morgan fingerprint density at radius 3 is 3.03 bits per heavy atom. The average Bonchev–Trinajstić information content (AvgIpc) is 3.43. The third-order valence-electron chi connectivity index (χ3n) is 5.00. The summed E-state index contributed by atoms with van der Waals surface area (Å²) in [5.41, 5.74) is 2.05. The molecule has 1 atom stereocenters. The van der Waals surface area contributed by atoms with Gasteiger partial charge in [0.05, 0.1) is 6.42 Å². The van der Waals surface area contributed by atoms with E-state index < -0.39 is 0 Å². The smallest absolute Gasteiger partial charge is 0.231 e. The van der Waals surface area contributed by atoms with Crippen molar-refractivity contribution in [1.29, 1.82) is 0 Å². The highest BCUT2D eigenvalue weighted by molar-refractivity contribution is 7.10. The summed E-state index contributed by atoms with van der Waals surface area (Å²) in [6.45, 7) is 0. The highest BCUT2D eigenvalue weighted by Crippen LogP contribution is 2.42. The number of thiophene rings is 1. The van der Waals surface area contributed by atoms with Crippen molar-refractivity contribution in [3.05, 3.63) is 57.9 Å². The molecule has 2 amide bonds. The Labute approximate surface area is 169 Å². The Balaban J connectivity index is 1.45. The van der Waals surface area contributed by atoms with Crippen LogP contribution in [-0.4, -0.2) is 26.8 Å². The fraction of sp³-hybridized carbons (Fsp3) is 0.200. The molecule has 5 rings (SSSR count). The monoisotopic (exact) mass is 407 g/mol. The molecule has 1 aliphatic rings. The van der Waals surface area contributed by atoms with E-state index in [0.717, 1.165) is 15.8 Å². The van der Waals surface area contributed by atoms with Crippen LogP contribution in [0.25, 0.3) is 11.0 Å². The number of nitrogens with one attached hydrogen (secondary N) is 2. The number of nitrogens with zero attached hydrogens (tertiary/aromatic N) is 3. The van der Waals surface area contributed by atoms with E-state index in [4.69, 9.17) is 4.52 Å². The summed E-state index contributed by atoms with van der Waals surface area (Å²) in [6, 6.07) is 11.4. The topological polar surface area (TPSA) is 102 Å². The first-order chi connectivity index (χ1) is 14.1. The maximum Gasteiger partial charge on any atom is 0.231 e. The van der Waals surface area contributed by atoms with Crippen molar-refractivity contribution in [2.45, 2.75) is 18.8 Å². The van der Waals surface area contributed by atoms with Gasteiger partial charge in [-0.05, 0) is 23.6 Å². The lowest BCUT2D eigenvalue weighted by Gasteiger charge is -2.22. The second-order valence-electron chi connectivity index (χ2n) is 6.91. The quantitative estimate of drug-likeness (QED) is 0.541. The number of para-hydroxylation sites is 1. The maximum atomic E-state index is 12.7. The van der Waals surface area contributed by atoms with E-state index >= 15 is 0 Å². The first kappa shape index (κ1) is 17.6. The van der Waals surface area contributed by atoms with Crippen LogP contribution in [0.5, 0.6) is 0 Å². The molecule has 9 heteroatoms.